The van der Waals surface area contributed by atoms with Crippen LogP contribution in [0.4, 0.5) is 0 Å². The number of amides is 1. The highest BCUT2D eigenvalue weighted by molar-refractivity contribution is 5.94. The summed E-state index contributed by atoms with van der Waals surface area (Å²) < 4.78 is 0. The first-order chi connectivity index (χ1) is 11.8. The first-order valence-corrected chi connectivity index (χ1v) is 7.40. The number of hydrogen-bond donors (Lipinski definition) is 1. The molecule has 2 aromatic heterocycles. The molecule has 116 valence electrons. The van der Waals surface area contributed by atoms with E-state index in [-0.39, 0.29) is 5.91 Å². The van der Waals surface area contributed by atoms with Gasteiger partial charge in [0.25, 0.3) is 5.91 Å². The molecular weight excluding hydrogens is 300 g/mol. The van der Waals surface area contributed by atoms with Crippen LogP contribution >= 0.6 is 0 Å². The second-order valence-electron chi connectivity index (χ2n) is 5.16. The van der Waals surface area contributed by atoms with E-state index in [4.69, 9.17) is 5.26 Å². The first kappa shape index (κ1) is 15.4. The van der Waals surface area contributed by atoms with Crippen LogP contribution in [0.15, 0.2) is 67.1 Å². The Bertz CT molecular complexity index is 883. The Morgan fingerprint density at radius 1 is 1.04 bits per heavy atom. The molecule has 3 aromatic rings. The maximum Gasteiger partial charge on any atom is 0.251 e. The third-order valence-electron chi connectivity index (χ3n) is 3.53. The van der Waals surface area contributed by atoms with E-state index < -0.39 is 0 Å². The molecule has 0 bridgehead atoms. The minimum absolute atomic E-state index is 0.179. The van der Waals surface area contributed by atoms with Crippen LogP contribution in [0.3, 0.4) is 0 Å². The molecule has 5 heteroatoms. The Kier molecular flexibility index (Phi) is 4.59. The van der Waals surface area contributed by atoms with Gasteiger partial charge in [-0.05, 0) is 54.1 Å². The third kappa shape index (κ3) is 3.62. The van der Waals surface area contributed by atoms with E-state index in [0.717, 1.165) is 16.8 Å². The summed E-state index contributed by atoms with van der Waals surface area (Å²) in [7, 11) is 0. The third-order valence-corrected chi connectivity index (χ3v) is 3.53. The van der Waals surface area contributed by atoms with Crippen molar-refractivity contribution in [3.8, 4) is 17.3 Å². The van der Waals surface area contributed by atoms with Crippen molar-refractivity contribution >= 4 is 5.91 Å². The van der Waals surface area contributed by atoms with Crippen LogP contribution in [0.1, 0.15) is 21.5 Å². The molecule has 1 N–H and O–H groups in total. The highest BCUT2D eigenvalue weighted by Crippen LogP contribution is 2.16. The number of benzene rings is 1. The Balaban J connectivity index is 1.68. The number of carbonyl (C=O) groups is 1. The number of nitriles is 1. The van der Waals surface area contributed by atoms with E-state index in [1.165, 1.54) is 0 Å². The fraction of sp³-hybridized carbons (Fsp3) is 0.0526. The second-order valence-corrected chi connectivity index (χ2v) is 5.16. The zero-order chi connectivity index (χ0) is 16.8. The fourth-order valence-electron chi connectivity index (χ4n) is 2.25. The van der Waals surface area contributed by atoms with E-state index in [2.05, 4.69) is 15.3 Å². The summed E-state index contributed by atoms with van der Waals surface area (Å²) in [5.41, 5.74) is 3.83. The van der Waals surface area contributed by atoms with Crippen LogP contribution in [0, 0.1) is 11.3 Å². The summed E-state index contributed by atoms with van der Waals surface area (Å²) in [5.74, 6) is -0.179. The lowest BCUT2D eigenvalue weighted by Crippen LogP contribution is -2.22. The van der Waals surface area contributed by atoms with Crippen LogP contribution in [0.2, 0.25) is 0 Å². The van der Waals surface area contributed by atoms with Gasteiger partial charge in [-0.2, -0.15) is 5.26 Å². The van der Waals surface area contributed by atoms with Crippen LogP contribution in [-0.4, -0.2) is 15.9 Å². The lowest BCUT2D eigenvalue weighted by atomic mass is 10.1. The highest BCUT2D eigenvalue weighted by Gasteiger charge is 2.06. The quantitative estimate of drug-likeness (QED) is 0.803. The highest BCUT2D eigenvalue weighted by atomic mass is 16.1. The van der Waals surface area contributed by atoms with Crippen molar-refractivity contribution in [1.29, 1.82) is 5.26 Å². The maximum absolute atomic E-state index is 12.2. The molecule has 0 aliphatic heterocycles. The van der Waals surface area contributed by atoms with Crippen LogP contribution < -0.4 is 5.32 Å². The van der Waals surface area contributed by atoms with Crippen LogP contribution in [0.5, 0.6) is 0 Å². The predicted molar refractivity (Wildman–Crippen MR) is 89.8 cm³/mol. The van der Waals surface area contributed by atoms with E-state index in [1.54, 1.807) is 42.9 Å². The average Bonchev–Trinajstić information content (AvgIpc) is 2.67. The van der Waals surface area contributed by atoms with Crippen molar-refractivity contribution in [1.82, 2.24) is 15.3 Å². The average molecular weight is 314 g/mol. The van der Waals surface area contributed by atoms with Gasteiger partial charge in [-0.3, -0.25) is 14.8 Å². The minimum Gasteiger partial charge on any atom is -0.348 e. The molecule has 3 rings (SSSR count). The first-order valence-electron chi connectivity index (χ1n) is 7.40. The number of nitrogens with zero attached hydrogens (tertiary/aromatic N) is 3. The van der Waals surface area contributed by atoms with Crippen molar-refractivity contribution in [2.24, 2.45) is 0 Å². The molecule has 24 heavy (non-hydrogen) atoms. The Labute approximate surface area is 139 Å². The zero-order valence-corrected chi connectivity index (χ0v) is 12.8. The van der Waals surface area contributed by atoms with Crippen LogP contribution in [0.25, 0.3) is 11.3 Å². The normalized spacial score (nSPS) is 9.96. The molecule has 1 aromatic carbocycles. The van der Waals surface area contributed by atoms with E-state index in [0.29, 0.717) is 17.7 Å². The summed E-state index contributed by atoms with van der Waals surface area (Å²) >= 11 is 0. The van der Waals surface area contributed by atoms with Gasteiger partial charge in [0.1, 0.15) is 0 Å². The lowest BCUT2D eigenvalue weighted by molar-refractivity contribution is 0.0951. The summed E-state index contributed by atoms with van der Waals surface area (Å²) in [6.07, 6.45) is 5.16. The van der Waals surface area contributed by atoms with Gasteiger partial charge in [0.15, 0.2) is 0 Å². The number of aromatic nitrogens is 2. The molecule has 0 saturated heterocycles. The summed E-state index contributed by atoms with van der Waals surface area (Å²) in [6.45, 7) is 0.402. The van der Waals surface area contributed by atoms with Crippen LogP contribution in [-0.2, 0) is 6.54 Å². The van der Waals surface area contributed by atoms with E-state index >= 15 is 0 Å². The van der Waals surface area contributed by atoms with Crippen molar-refractivity contribution in [2.75, 3.05) is 0 Å². The maximum atomic E-state index is 12.2. The number of pyridine rings is 2. The van der Waals surface area contributed by atoms with E-state index in [1.807, 2.05) is 30.3 Å². The topological polar surface area (TPSA) is 78.7 Å². The number of nitrogens with one attached hydrogen (secondary N) is 1. The Morgan fingerprint density at radius 2 is 1.79 bits per heavy atom. The van der Waals surface area contributed by atoms with Gasteiger partial charge in [0, 0.05) is 36.3 Å². The van der Waals surface area contributed by atoms with Crippen molar-refractivity contribution in [2.45, 2.75) is 6.54 Å². The molecule has 5 nitrogen and oxygen atoms in total. The number of carbonyl (C=O) groups excluding carboxylic acids is 1. The SMILES string of the molecule is N#Cc1ccc(C(=O)NCc2ccnc(-c3ccncc3)c2)cc1. The second kappa shape index (κ2) is 7.16. The molecule has 1 amide bonds. The van der Waals surface area contributed by atoms with Gasteiger partial charge in [0.05, 0.1) is 17.3 Å². The van der Waals surface area contributed by atoms with Gasteiger partial charge in [-0.15, -0.1) is 0 Å². The summed E-state index contributed by atoms with van der Waals surface area (Å²) in [5, 5.41) is 11.6. The molecule has 0 saturated carbocycles. The standard InChI is InChI=1S/C19H14N4O/c20-12-14-1-3-17(4-2-14)19(24)23-13-15-5-10-22-18(11-15)16-6-8-21-9-7-16/h1-11H,13H2,(H,23,24). The van der Waals surface area contributed by atoms with Gasteiger partial charge in [-0.25, -0.2) is 0 Å². The molecule has 0 unspecified atom stereocenters. The molecule has 0 spiro atoms. The monoisotopic (exact) mass is 314 g/mol. The minimum atomic E-state index is -0.179. The van der Waals surface area contributed by atoms with Gasteiger partial charge >= 0.3 is 0 Å². The Hall–Kier alpha value is -3.52. The molecule has 0 radical (unpaired) electrons. The number of rotatable bonds is 4. The molecular formula is C19H14N4O. The Morgan fingerprint density at radius 3 is 2.50 bits per heavy atom. The van der Waals surface area contributed by atoms with Crippen molar-refractivity contribution in [3.63, 3.8) is 0 Å². The number of hydrogen-bond acceptors (Lipinski definition) is 4. The predicted octanol–water partition coefficient (Wildman–Crippen LogP) is 2.95. The fourth-order valence-corrected chi connectivity index (χ4v) is 2.25. The van der Waals surface area contributed by atoms with Gasteiger partial charge in [0.2, 0.25) is 0 Å². The van der Waals surface area contributed by atoms with Crippen molar-refractivity contribution < 1.29 is 4.79 Å². The smallest absolute Gasteiger partial charge is 0.251 e. The molecule has 2 heterocycles. The summed E-state index contributed by atoms with van der Waals surface area (Å²) in [6, 6.07) is 16.2. The molecule has 0 aliphatic carbocycles. The summed E-state index contributed by atoms with van der Waals surface area (Å²) in [4.78, 5) is 20.5. The molecule has 0 fully saturated rings. The van der Waals surface area contributed by atoms with Gasteiger partial charge in [-0.1, -0.05) is 0 Å². The van der Waals surface area contributed by atoms with Crippen molar-refractivity contribution in [3.05, 3.63) is 83.8 Å². The van der Waals surface area contributed by atoms with Gasteiger partial charge < -0.3 is 5.32 Å². The molecule has 0 aliphatic rings. The lowest BCUT2D eigenvalue weighted by Gasteiger charge is -2.07. The molecule has 0 atom stereocenters. The largest absolute Gasteiger partial charge is 0.348 e. The zero-order valence-electron chi connectivity index (χ0n) is 12.8. The van der Waals surface area contributed by atoms with E-state index in [9.17, 15) is 4.79 Å².